The van der Waals surface area contributed by atoms with Gasteiger partial charge in [0, 0.05) is 17.4 Å². The summed E-state index contributed by atoms with van der Waals surface area (Å²) in [5, 5.41) is 0. The third-order valence-corrected chi connectivity index (χ3v) is 7.11. The molecule has 0 bridgehead atoms. The summed E-state index contributed by atoms with van der Waals surface area (Å²) in [5.41, 5.74) is 3.02. The van der Waals surface area contributed by atoms with E-state index in [0.717, 1.165) is 22.9 Å². The summed E-state index contributed by atoms with van der Waals surface area (Å²) >= 11 is 0. The first kappa shape index (κ1) is 22.0. The summed E-state index contributed by atoms with van der Waals surface area (Å²) < 4.78 is 62.9. The van der Waals surface area contributed by atoms with Gasteiger partial charge in [-0.05, 0) is 41.7 Å². The molecule has 1 aliphatic carbocycles. The van der Waals surface area contributed by atoms with Crippen LogP contribution < -0.4 is 28.4 Å². The van der Waals surface area contributed by atoms with E-state index in [9.17, 15) is 8.42 Å². The number of fused-ring (bicyclic) bond motifs is 6. The highest BCUT2D eigenvalue weighted by Gasteiger charge is 2.45. The minimum absolute atomic E-state index is 0.0325. The van der Waals surface area contributed by atoms with Crippen LogP contribution in [0.3, 0.4) is 0 Å². The van der Waals surface area contributed by atoms with Crippen molar-refractivity contribution in [2.75, 3.05) is 47.6 Å². The van der Waals surface area contributed by atoms with Gasteiger partial charge in [-0.3, -0.25) is 4.18 Å². The van der Waals surface area contributed by atoms with Crippen LogP contribution in [0.1, 0.15) is 22.6 Å². The van der Waals surface area contributed by atoms with Gasteiger partial charge in [0.05, 0.1) is 40.8 Å². The Morgan fingerprint density at radius 3 is 2.33 bits per heavy atom. The third kappa shape index (κ3) is 3.71. The van der Waals surface area contributed by atoms with E-state index in [-0.39, 0.29) is 31.2 Å². The Kier molecular flexibility index (Phi) is 5.44. The standard InChI is InChI=1S/C23H26O9S/c1-26-19-8-15-20-14-7-18-17(30-11-31-18)6-12(14)5-13(9-32-33(4,24)25)16(20)10-29-21(15)23(28-3)22(19)27-2/h6-8,13,16,20H,5,9-11H2,1-4H3/t13-,16-,20-/m0/s1. The van der Waals surface area contributed by atoms with Crippen molar-refractivity contribution in [2.24, 2.45) is 11.8 Å². The van der Waals surface area contributed by atoms with E-state index in [4.69, 9.17) is 32.6 Å². The summed E-state index contributed by atoms with van der Waals surface area (Å²) in [6, 6.07) is 5.90. The van der Waals surface area contributed by atoms with Gasteiger partial charge in [-0.1, -0.05) is 0 Å². The molecule has 0 N–H and O–H groups in total. The Bertz CT molecular complexity index is 1190. The average molecular weight is 479 g/mol. The molecule has 0 radical (unpaired) electrons. The lowest BCUT2D eigenvalue weighted by atomic mass is 9.65. The van der Waals surface area contributed by atoms with Crippen LogP contribution in [0, 0.1) is 11.8 Å². The number of benzene rings is 2. The van der Waals surface area contributed by atoms with Crippen LogP contribution in [-0.4, -0.2) is 56.0 Å². The van der Waals surface area contributed by atoms with Crippen molar-refractivity contribution in [3.8, 4) is 34.5 Å². The fourth-order valence-corrected chi connectivity index (χ4v) is 5.56. The second kappa shape index (κ2) is 8.18. The summed E-state index contributed by atoms with van der Waals surface area (Å²) in [6.07, 6.45) is 1.69. The maximum atomic E-state index is 11.7. The first-order valence-corrected chi connectivity index (χ1v) is 12.4. The number of hydrogen-bond donors (Lipinski definition) is 0. The highest BCUT2D eigenvalue weighted by atomic mass is 32.2. The summed E-state index contributed by atoms with van der Waals surface area (Å²) in [4.78, 5) is 0. The summed E-state index contributed by atoms with van der Waals surface area (Å²) in [7, 11) is 1.10. The van der Waals surface area contributed by atoms with Gasteiger partial charge in [-0.2, -0.15) is 8.42 Å². The summed E-state index contributed by atoms with van der Waals surface area (Å²) in [6.45, 7) is 0.609. The zero-order valence-corrected chi connectivity index (χ0v) is 19.7. The van der Waals surface area contributed by atoms with E-state index < -0.39 is 10.1 Å². The lowest BCUT2D eigenvalue weighted by Crippen LogP contribution is -2.40. The molecule has 2 aromatic carbocycles. The van der Waals surface area contributed by atoms with E-state index in [1.165, 1.54) is 0 Å². The van der Waals surface area contributed by atoms with E-state index >= 15 is 0 Å². The van der Waals surface area contributed by atoms with Crippen LogP contribution in [0.15, 0.2) is 18.2 Å². The average Bonchev–Trinajstić information content (AvgIpc) is 3.26. The molecular weight excluding hydrogens is 452 g/mol. The topological polar surface area (TPSA) is 98.8 Å². The van der Waals surface area contributed by atoms with Crippen LogP contribution >= 0.6 is 0 Å². The Balaban J connectivity index is 1.68. The molecule has 0 fully saturated rings. The molecule has 5 rings (SSSR count). The molecule has 0 saturated heterocycles. The lowest BCUT2D eigenvalue weighted by molar-refractivity contribution is 0.104. The molecule has 9 nitrogen and oxygen atoms in total. The van der Waals surface area contributed by atoms with Crippen molar-refractivity contribution >= 4 is 10.1 Å². The lowest BCUT2D eigenvalue weighted by Gasteiger charge is -2.43. The van der Waals surface area contributed by atoms with Crippen molar-refractivity contribution in [1.29, 1.82) is 0 Å². The maximum absolute atomic E-state index is 11.7. The van der Waals surface area contributed by atoms with Gasteiger partial charge in [0.25, 0.3) is 10.1 Å². The largest absolute Gasteiger partial charge is 0.493 e. The molecule has 0 amide bonds. The summed E-state index contributed by atoms with van der Waals surface area (Å²) in [5.74, 6) is 3.16. The molecule has 3 atom stereocenters. The van der Waals surface area contributed by atoms with E-state index in [2.05, 4.69) is 0 Å². The molecule has 2 aliphatic heterocycles. The van der Waals surface area contributed by atoms with Crippen molar-refractivity contribution in [1.82, 2.24) is 0 Å². The quantitative estimate of drug-likeness (QED) is 0.580. The minimum atomic E-state index is -3.58. The fourth-order valence-electron chi connectivity index (χ4n) is 5.13. The molecule has 0 spiro atoms. The zero-order valence-electron chi connectivity index (χ0n) is 18.9. The second-order valence-electron chi connectivity index (χ2n) is 8.37. The van der Waals surface area contributed by atoms with Gasteiger partial charge < -0.3 is 28.4 Å². The number of ether oxygens (including phenoxy) is 6. The highest BCUT2D eigenvalue weighted by Crippen LogP contribution is 2.57. The van der Waals surface area contributed by atoms with E-state index in [1.807, 2.05) is 18.2 Å². The molecule has 33 heavy (non-hydrogen) atoms. The number of hydrogen-bond acceptors (Lipinski definition) is 9. The normalized spacial score (nSPS) is 22.5. The molecule has 0 saturated carbocycles. The van der Waals surface area contributed by atoms with Crippen LogP contribution in [0.5, 0.6) is 34.5 Å². The van der Waals surface area contributed by atoms with Gasteiger partial charge in [-0.15, -0.1) is 0 Å². The van der Waals surface area contributed by atoms with Crippen molar-refractivity contribution < 1.29 is 41.0 Å². The van der Waals surface area contributed by atoms with Gasteiger partial charge in [0.2, 0.25) is 18.3 Å². The van der Waals surface area contributed by atoms with Crippen LogP contribution in [0.2, 0.25) is 0 Å². The van der Waals surface area contributed by atoms with Gasteiger partial charge in [0.15, 0.2) is 23.0 Å². The van der Waals surface area contributed by atoms with Crippen molar-refractivity contribution in [3.05, 3.63) is 34.9 Å². The molecule has 3 aliphatic rings. The molecule has 178 valence electrons. The predicted molar refractivity (Wildman–Crippen MR) is 117 cm³/mol. The maximum Gasteiger partial charge on any atom is 0.264 e. The van der Waals surface area contributed by atoms with E-state index in [0.29, 0.717) is 47.5 Å². The van der Waals surface area contributed by atoms with Crippen LogP contribution in [-0.2, 0) is 20.7 Å². The monoisotopic (exact) mass is 478 g/mol. The SMILES string of the molecule is COc1cc2c(c(OC)c1OC)OC[C@H]1[C@H](COS(C)(=O)=O)Cc3cc4c(cc3[C@@H]21)OCO4. The zero-order chi connectivity index (χ0) is 23.3. The Labute approximate surface area is 192 Å². The Morgan fingerprint density at radius 1 is 0.939 bits per heavy atom. The highest BCUT2D eigenvalue weighted by molar-refractivity contribution is 7.85. The first-order chi connectivity index (χ1) is 15.8. The Hall–Kier alpha value is -2.85. The minimum Gasteiger partial charge on any atom is -0.493 e. The van der Waals surface area contributed by atoms with Crippen LogP contribution in [0.4, 0.5) is 0 Å². The number of rotatable bonds is 6. The number of methoxy groups -OCH3 is 3. The van der Waals surface area contributed by atoms with Crippen molar-refractivity contribution in [3.63, 3.8) is 0 Å². The fraction of sp³-hybridized carbons (Fsp3) is 0.478. The first-order valence-electron chi connectivity index (χ1n) is 10.6. The van der Waals surface area contributed by atoms with Gasteiger partial charge in [-0.25, -0.2) is 0 Å². The molecule has 2 aromatic rings. The third-order valence-electron chi connectivity index (χ3n) is 6.55. The molecule has 0 unspecified atom stereocenters. The Morgan fingerprint density at radius 2 is 1.67 bits per heavy atom. The molecular formula is C23H26O9S. The van der Waals surface area contributed by atoms with Crippen LogP contribution in [0.25, 0.3) is 0 Å². The molecule has 0 aromatic heterocycles. The van der Waals surface area contributed by atoms with Gasteiger partial charge in [0.1, 0.15) is 0 Å². The van der Waals surface area contributed by atoms with Gasteiger partial charge >= 0.3 is 0 Å². The van der Waals surface area contributed by atoms with E-state index in [1.54, 1.807) is 21.3 Å². The smallest absolute Gasteiger partial charge is 0.264 e. The van der Waals surface area contributed by atoms with Crippen molar-refractivity contribution in [2.45, 2.75) is 12.3 Å². The molecule has 2 heterocycles. The second-order valence-corrected chi connectivity index (χ2v) is 10.0. The predicted octanol–water partition coefficient (Wildman–Crippen LogP) is 2.73. The molecule has 10 heteroatoms.